The van der Waals surface area contributed by atoms with Crippen LogP contribution in [-0.4, -0.2) is 16.2 Å². The molecule has 0 fully saturated rings. The standard InChI is InChI=1S/C15H12O4/c16-12-6-8-13(9-7-12)19-14(15(17)18)10-11-4-2-1-3-5-11/h1-10,16H,(H,17,18). The minimum Gasteiger partial charge on any atom is -0.508 e. The molecule has 0 unspecified atom stereocenters. The monoisotopic (exact) mass is 256 g/mol. The molecule has 0 spiro atoms. The molecule has 0 radical (unpaired) electrons. The Labute approximate surface area is 110 Å². The van der Waals surface area contributed by atoms with E-state index in [-0.39, 0.29) is 11.5 Å². The molecule has 0 saturated heterocycles. The molecule has 0 aliphatic heterocycles. The Kier molecular flexibility index (Phi) is 3.83. The van der Waals surface area contributed by atoms with Crippen LogP contribution < -0.4 is 4.74 Å². The molecule has 0 aliphatic rings. The summed E-state index contributed by atoms with van der Waals surface area (Å²) in [7, 11) is 0. The molecule has 0 bridgehead atoms. The predicted octanol–water partition coefficient (Wildman–Crippen LogP) is 2.90. The van der Waals surface area contributed by atoms with Gasteiger partial charge in [0.15, 0.2) is 0 Å². The number of rotatable bonds is 4. The molecule has 96 valence electrons. The van der Waals surface area contributed by atoms with Gasteiger partial charge in [0.25, 0.3) is 0 Å². The lowest BCUT2D eigenvalue weighted by Gasteiger charge is -2.06. The number of carboxylic acids is 1. The van der Waals surface area contributed by atoms with Crippen molar-refractivity contribution in [3.05, 3.63) is 65.9 Å². The lowest BCUT2D eigenvalue weighted by atomic mass is 10.2. The van der Waals surface area contributed by atoms with Crippen LogP contribution >= 0.6 is 0 Å². The number of hydrogen-bond acceptors (Lipinski definition) is 3. The molecule has 2 aromatic carbocycles. The lowest BCUT2D eigenvalue weighted by molar-refractivity contribution is -0.134. The van der Waals surface area contributed by atoms with Gasteiger partial charge in [-0.2, -0.15) is 0 Å². The minimum absolute atomic E-state index is 0.0938. The molecule has 2 aromatic rings. The number of carbonyl (C=O) groups is 1. The van der Waals surface area contributed by atoms with Gasteiger partial charge in [-0.05, 0) is 35.9 Å². The van der Waals surface area contributed by atoms with Crippen molar-refractivity contribution in [2.24, 2.45) is 0 Å². The van der Waals surface area contributed by atoms with E-state index in [4.69, 9.17) is 14.9 Å². The van der Waals surface area contributed by atoms with Crippen LogP contribution in [0.4, 0.5) is 0 Å². The van der Waals surface area contributed by atoms with Gasteiger partial charge in [-0.3, -0.25) is 0 Å². The van der Waals surface area contributed by atoms with Crippen LogP contribution in [0.3, 0.4) is 0 Å². The lowest BCUT2D eigenvalue weighted by Crippen LogP contribution is -2.07. The molecule has 4 nitrogen and oxygen atoms in total. The third-order valence-electron chi connectivity index (χ3n) is 2.37. The molecule has 0 amide bonds. The zero-order valence-electron chi connectivity index (χ0n) is 9.98. The number of hydrogen-bond donors (Lipinski definition) is 2. The largest absolute Gasteiger partial charge is 0.508 e. The van der Waals surface area contributed by atoms with E-state index in [1.165, 1.54) is 30.3 Å². The SMILES string of the molecule is O=C(O)C(=Cc1ccccc1)Oc1ccc(O)cc1. The quantitative estimate of drug-likeness (QED) is 0.652. The highest BCUT2D eigenvalue weighted by atomic mass is 16.5. The first kappa shape index (κ1) is 12.7. The second-order valence-electron chi connectivity index (χ2n) is 3.82. The Morgan fingerprint density at radius 2 is 1.63 bits per heavy atom. The van der Waals surface area contributed by atoms with E-state index >= 15 is 0 Å². The van der Waals surface area contributed by atoms with Crippen LogP contribution in [0.15, 0.2) is 60.4 Å². The summed E-state index contributed by atoms with van der Waals surface area (Å²) in [5.41, 5.74) is 0.735. The second-order valence-corrected chi connectivity index (χ2v) is 3.82. The van der Waals surface area contributed by atoms with Gasteiger partial charge in [0.2, 0.25) is 5.76 Å². The maximum atomic E-state index is 11.1. The maximum absolute atomic E-state index is 11.1. The average Bonchev–Trinajstić information content (AvgIpc) is 2.41. The zero-order chi connectivity index (χ0) is 13.7. The van der Waals surface area contributed by atoms with Gasteiger partial charge in [0.1, 0.15) is 11.5 Å². The third-order valence-corrected chi connectivity index (χ3v) is 2.37. The number of aliphatic carboxylic acids is 1. The van der Waals surface area contributed by atoms with Gasteiger partial charge in [0.05, 0.1) is 0 Å². The average molecular weight is 256 g/mol. The Morgan fingerprint density at radius 1 is 1.00 bits per heavy atom. The van der Waals surface area contributed by atoms with E-state index in [9.17, 15) is 4.79 Å². The molecule has 0 saturated carbocycles. The van der Waals surface area contributed by atoms with E-state index in [2.05, 4.69) is 0 Å². The van der Waals surface area contributed by atoms with Crippen molar-refractivity contribution in [3.63, 3.8) is 0 Å². The summed E-state index contributed by atoms with van der Waals surface area (Å²) in [6.45, 7) is 0. The van der Waals surface area contributed by atoms with Crippen molar-refractivity contribution in [1.82, 2.24) is 0 Å². The van der Waals surface area contributed by atoms with Crippen LogP contribution in [0.25, 0.3) is 6.08 Å². The summed E-state index contributed by atoms with van der Waals surface area (Å²) in [6, 6.07) is 14.9. The number of phenolic OH excluding ortho intramolecular Hbond substituents is 1. The number of carboxylic acid groups (broad SMARTS) is 1. The first-order chi connectivity index (χ1) is 9.15. The highest BCUT2D eigenvalue weighted by Crippen LogP contribution is 2.19. The first-order valence-electron chi connectivity index (χ1n) is 5.62. The minimum atomic E-state index is -1.16. The topological polar surface area (TPSA) is 66.8 Å². The van der Waals surface area contributed by atoms with E-state index in [0.29, 0.717) is 5.75 Å². The van der Waals surface area contributed by atoms with Crippen LogP contribution in [0.5, 0.6) is 11.5 Å². The van der Waals surface area contributed by atoms with Crippen molar-refractivity contribution < 1.29 is 19.7 Å². The zero-order valence-corrected chi connectivity index (χ0v) is 9.98. The fourth-order valence-corrected chi connectivity index (χ4v) is 1.48. The van der Waals surface area contributed by atoms with Gasteiger partial charge in [0, 0.05) is 0 Å². The summed E-state index contributed by atoms with van der Waals surface area (Å²) < 4.78 is 5.29. The second kappa shape index (κ2) is 5.73. The van der Waals surface area contributed by atoms with E-state index in [1.807, 2.05) is 18.2 Å². The normalized spacial score (nSPS) is 11.1. The molecule has 19 heavy (non-hydrogen) atoms. The van der Waals surface area contributed by atoms with Crippen LogP contribution in [-0.2, 0) is 4.79 Å². The van der Waals surface area contributed by atoms with Gasteiger partial charge in [-0.15, -0.1) is 0 Å². The van der Waals surface area contributed by atoms with E-state index in [0.717, 1.165) is 5.56 Å². The van der Waals surface area contributed by atoms with Crippen molar-refractivity contribution in [3.8, 4) is 11.5 Å². The number of ether oxygens (including phenoxy) is 1. The molecule has 0 atom stereocenters. The summed E-state index contributed by atoms with van der Waals surface area (Å²) in [6.07, 6.45) is 1.44. The number of phenols is 1. The van der Waals surface area contributed by atoms with Gasteiger partial charge in [-0.25, -0.2) is 4.79 Å². The van der Waals surface area contributed by atoms with Gasteiger partial charge < -0.3 is 14.9 Å². The van der Waals surface area contributed by atoms with Crippen molar-refractivity contribution in [1.29, 1.82) is 0 Å². The highest BCUT2D eigenvalue weighted by molar-refractivity contribution is 5.90. The van der Waals surface area contributed by atoms with Crippen molar-refractivity contribution in [2.45, 2.75) is 0 Å². The van der Waals surface area contributed by atoms with Crippen molar-refractivity contribution >= 4 is 12.0 Å². The Hall–Kier alpha value is -2.75. The third kappa shape index (κ3) is 3.61. The fraction of sp³-hybridized carbons (Fsp3) is 0. The first-order valence-corrected chi connectivity index (χ1v) is 5.62. The highest BCUT2D eigenvalue weighted by Gasteiger charge is 2.10. The molecule has 2 rings (SSSR count). The number of benzene rings is 2. The molecule has 2 N–H and O–H groups in total. The Bertz CT molecular complexity index is 585. The number of aromatic hydroxyl groups is 1. The molecular weight excluding hydrogens is 244 g/mol. The summed E-state index contributed by atoms with van der Waals surface area (Å²) >= 11 is 0. The Morgan fingerprint density at radius 3 is 2.21 bits per heavy atom. The van der Waals surface area contributed by atoms with Crippen molar-refractivity contribution in [2.75, 3.05) is 0 Å². The van der Waals surface area contributed by atoms with Crippen LogP contribution in [0.1, 0.15) is 5.56 Å². The molecule has 4 heteroatoms. The predicted molar refractivity (Wildman–Crippen MR) is 70.8 cm³/mol. The Balaban J connectivity index is 2.24. The molecule has 0 aromatic heterocycles. The summed E-state index contributed by atoms with van der Waals surface area (Å²) in [5, 5.41) is 18.3. The smallest absolute Gasteiger partial charge is 0.371 e. The summed E-state index contributed by atoms with van der Waals surface area (Å²) in [5.74, 6) is -0.896. The molecule has 0 heterocycles. The van der Waals surface area contributed by atoms with E-state index < -0.39 is 5.97 Å². The van der Waals surface area contributed by atoms with Crippen LogP contribution in [0, 0.1) is 0 Å². The molecule has 0 aliphatic carbocycles. The van der Waals surface area contributed by atoms with Gasteiger partial charge >= 0.3 is 5.97 Å². The maximum Gasteiger partial charge on any atom is 0.371 e. The fourth-order valence-electron chi connectivity index (χ4n) is 1.48. The van der Waals surface area contributed by atoms with E-state index in [1.54, 1.807) is 12.1 Å². The summed E-state index contributed by atoms with van der Waals surface area (Å²) in [4.78, 5) is 11.1. The van der Waals surface area contributed by atoms with Crippen LogP contribution in [0.2, 0.25) is 0 Å². The van der Waals surface area contributed by atoms with Gasteiger partial charge in [-0.1, -0.05) is 30.3 Å². The molecular formula is C15H12O4.